The molecule has 15 heavy (non-hydrogen) atoms. The van der Waals surface area contributed by atoms with E-state index in [0.717, 1.165) is 18.8 Å². The summed E-state index contributed by atoms with van der Waals surface area (Å²) >= 11 is 1.88. The first-order valence-electron chi connectivity index (χ1n) is 6.05. The number of aryl methyl sites for hydroxylation is 1. The van der Waals surface area contributed by atoms with Crippen molar-refractivity contribution in [3.63, 3.8) is 0 Å². The van der Waals surface area contributed by atoms with Crippen LogP contribution < -0.4 is 5.73 Å². The quantitative estimate of drug-likeness (QED) is 0.773. The van der Waals surface area contributed by atoms with Crippen LogP contribution in [0.15, 0.2) is 12.1 Å². The first-order chi connectivity index (χ1) is 7.21. The summed E-state index contributed by atoms with van der Waals surface area (Å²) in [7, 11) is 0. The molecule has 2 N–H and O–H groups in total. The van der Waals surface area contributed by atoms with E-state index in [1.807, 2.05) is 11.3 Å². The second kappa shape index (κ2) is 6.29. The fourth-order valence-corrected chi connectivity index (χ4v) is 2.85. The number of nitrogens with two attached hydrogens (primary N) is 1. The Morgan fingerprint density at radius 3 is 2.33 bits per heavy atom. The fourth-order valence-electron chi connectivity index (χ4n) is 1.88. The molecule has 0 aliphatic carbocycles. The van der Waals surface area contributed by atoms with E-state index >= 15 is 0 Å². The standard InChI is InChI=1S/C13H23NS/c1-4-10(5-2)9-12(14)13-8-7-11(6-3)15-13/h7-8,10,12H,4-6,9,14H2,1-3H3. The Morgan fingerprint density at radius 1 is 1.20 bits per heavy atom. The molecule has 1 heterocycles. The Hall–Kier alpha value is -0.340. The summed E-state index contributed by atoms with van der Waals surface area (Å²) in [5.74, 6) is 0.784. The van der Waals surface area contributed by atoms with Crippen molar-refractivity contribution in [3.05, 3.63) is 21.9 Å². The van der Waals surface area contributed by atoms with E-state index in [1.165, 1.54) is 22.6 Å². The van der Waals surface area contributed by atoms with Crippen LogP contribution in [0.4, 0.5) is 0 Å². The zero-order valence-electron chi connectivity index (χ0n) is 10.1. The van der Waals surface area contributed by atoms with Gasteiger partial charge in [0.05, 0.1) is 0 Å². The van der Waals surface area contributed by atoms with Crippen LogP contribution in [0.25, 0.3) is 0 Å². The van der Waals surface area contributed by atoms with Crippen molar-refractivity contribution in [2.75, 3.05) is 0 Å². The predicted molar refractivity (Wildman–Crippen MR) is 69.3 cm³/mol. The lowest BCUT2D eigenvalue weighted by Crippen LogP contribution is -2.13. The summed E-state index contributed by atoms with van der Waals surface area (Å²) in [6.45, 7) is 6.71. The molecule has 0 aliphatic heterocycles. The molecule has 2 heteroatoms. The van der Waals surface area contributed by atoms with Crippen LogP contribution in [0, 0.1) is 5.92 Å². The highest BCUT2D eigenvalue weighted by Crippen LogP contribution is 2.28. The number of thiophene rings is 1. The van der Waals surface area contributed by atoms with Gasteiger partial charge < -0.3 is 5.73 Å². The van der Waals surface area contributed by atoms with Crippen LogP contribution in [-0.2, 0) is 6.42 Å². The van der Waals surface area contributed by atoms with Gasteiger partial charge in [-0.15, -0.1) is 11.3 Å². The third kappa shape index (κ3) is 3.62. The molecule has 0 radical (unpaired) electrons. The fraction of sp³-hybridized carbons (Fsp3) is 0.692. The molecule has 1 aromatic heterocycles. The number of hydrogen-bond acceptors (Lipinski definition) is 2. The molecule has 0 aliphatic rings. The van der Waals surface area contributed by atoms with Crippen LogP contribution in [0.3, 0.4) is 0 Å². The summed E-state index contributed by atoms with van der Waals surface area (Å²) in [5.41, 5.74) is 6.23. The van der Waals surface area contributed by atoms with E-state index in [4.69, 9.17) is 5.73 Å². The molecule has 0 saturated heterocycles. The van der Waals surface area contributed by atoms with Crippen LogP contribution in [-0.4, -0.2) is 0 Å². The molecule has 0 saturated carbocycles. The lowest BCUT2D eigenvalue weighted by atomic mass is 9.94. The van der Waals surface area contributed by atoms with Gasteiger partial charge in [0.2, 0.25) is 0 Å². The van der Waals surface area contributed by atoms with Crippen molar-refractivity contribution in [1.82, 2.24) is 0 Å². The Balaban J connectivity index is 2.55. The number of rotatable bonds is 6. The molecular weight excluding hydrogens is 202 g/mol. The average Bonchev–Trinajstić information content (AvgIpc) is 2.74. The molecule has 0 spiro atoms. The summed E-state index contributed by atoms with van der Waals surface area (Å²) < 4.78 is 0. The van der Waals surface area contributed by atoms with E-state index in [9.17, 15) is 0 Å². The second-order valence-electron chi connectivity index (χ2n) is 4.18. The predicted octanol–water partition coefficient (Wildman–Crippen LogP) is 4.14. The van der Waals surface area contributed by atoms with Gasteiger partial charge in [-0.1, -0.05) is 33.6 Å². The van der Waals surface area contributed by atoms with Gasteiger partial charge in [0, 0.05) is 15.8 Å². The first kappa shape index (κ1) is 12.7. The normalized spacial score (nSPS) is 13.4. The Labute approximate surface area is 97.7 Å². The van der Waals surface area contributed by atoms with E-state index in [-0.39, 0.29) is 6.04 Å². The molecular formula is C13H23NS. The van der Waals surface area contributed by atoms with Crippen LogP contribution in [0.5, 0.6) is 0 Å². The van der Waals surface area contributed by atoms with Crippen molar-refractivity contribution in [2.24, 2.45) is 11.7 Å². The maximum Gasteiger partial charge on any atom is 0.0392 e. The van der Waals surface area contributed by atoms with Crippen molar-refractivity contribution in [2.45, 2.75) is 52.5 Å². The van der Waals surface area contributed by atoms with Gasteiger partial charge >= 0.3 is 0 Å². The summed E-state index contributed by atoms with van der Waals surface area (Å²) in [6.07, 6.45) is 4.76. The molecule has 1 rings (SSSR count). The third-order valence-corrected chi connectivity index (χ3v) is 4.50. The topological polar surface area (TPSA) is 26.0 Å². The SMILES string of the molecule is CCc1ccc(C(N)CC(CC)CC)s1. The van der Waals surface area contributed by atoms with Crippen molar-refractivity contribution in [1.29, 1.82) is 0 Å². The molecule has 0 fully saturated rings. The summed E-state index contributed by atoms with van der Waals surface area (Å²) in [4.78, 5) is 2.81. The minimum absolute atomic E-state index is 0.250. The van der Waals surface area contributed by atoms with E-state index < -0.39 is 0 Å². The zero-order valence-corrected chi connectivity index (χ0v) is 10.9. The monoisotopic (exact) mass is 225 g/mol. The Morgan fingerprint density at radius 2 is 1.87 bits per heavy atom. The van der Waals surface area contributed by atoms with Crippen LogP contribution in [0.1, 0.15) is 55.8 Å². The average molecular weight is 225 g/mol. The second-order valence-corrected chi connectivity index (χ2v) is 5.38. The van der Waals surface area contributed by atoms with E-state index in [0.29, 0.717) is 0 Å². The van der Waals surface area contributed by atoms with Gasteiger partial charge in [0.15, 0.2) is 0 Å². The van der Waals surface area contributed by atoms with Gasteiger partial charge in [0.25, 0.3) is 0 Å². The molecule has 1 aromatic rings. The van der Waals surface area contributed by atoms with Gasteiger partial charge in [0.1, 0.15) is 0 Å². The molecule has 1 nitrogen and oxygen atoms in total. The minimum atomic E-state index is 0.250. The molecule has 0 bridgehead atoms. The molecule has 86 valence electrons. The number of hydrogen-bond donors (Lipinski definition) is 1. The van der Waals surface area contributed by atoms with Gasteiger partial charge in [-0.05, 0) is 30.9 Å². The van der Waals surface area contributed by atoms with Gasteiger partial charge in [-0.25, -0.2) is 0 Å². The lowest BCUT2D eigenvalue weighted by molar-refractivity contribution is 0.417. The van der Waals surface area contributed by atoms with Crippen molar-refractivity contribution >= 4 is 11.3 Å². The molecule has 0 aromatic carbocycles. The maximum atomic E-state index is 6.23. The van der Waals surface area contributed by atoms with Gasteiger partial charge in [-0.3, -0.25) is 0 Å². The van der Waals surface area contributed by atoms with Crippen LogP contribution in [0.2, 0.25) is 0 Å². The smallest absolute Gasteiger partial charge is 0.0392 e. The third-order valence-electron chi connectivity index (χ3n) is 3.14. The highest BCUT2D eigenvalue weighted by Gasteiger charge is 2.13. The lowest BCUT2D eigenvalue weighted by Gasteiger charge is -2.16. The van der Waals surface area contributed by atoms with Crippen molar-refractivity contribution in [3.8, 4) is 0 Å². The Bertz CT molecular complexity index is 276. The highest BCUT2D eigenvalue weighted by atomic mass is 32.1. The molecule has 1 unspecified atom stereocenters. The maximum absolute atomic E-state index is 6.23. The van der Waals surface area contributed by atoms with Crippen molar-refractivity contribution < 1.29 is 0 Å². The highest BCUT2D eigenvalue weighted by molar-refractivity contribution is 7.12. The Kier molecular flexibility index (Phi) is 5.34. The van der Waals surface area contributed by atoms with E-state index in [1.54, 1.807) is 0 Å². The zero-order chi connectivity index (χ0) is 11.3. The first-order valence-corrected chi connectivity index (χ1v) is 6.87. The molecule has 0 amide bonds. The molecule has 1 atom stereocenters. The summed E-state index contributed by atoms with van der Waals surface area (Å²) in [6, 6.07) is 4.67. The summed E-state index contributed by atoms with van der Waals surface area (Å²) in [5, 5.41) is 0. The van der Waals surface area contributed by atoms with E-state index in [2.05, 4.69) is 32.9 Å². The van der Waals surface area contributed by atoms with Gasteiger partial charge in [-0.2, -0.15) is 0 Å². The minimum Gasteiger partial charge on any atom is -0.323 e. The largest absolute Gasteiger partial charge is 0.323 e. The van der Waals surface area contributed by atoms with Crippen LogP contribution >= 0.6 is 11.3 Å².